The van der Waals surface area contributed by atoms with E-state index in [1.807, 2.05) is 20.8 Å². The van der Waals surface area contributed by atoms with Crippen LogP contribution in [0.3, 0.4) is 0 Å². The summed E-state index contributed by atoms with van der Waals surface area (Å²) >= 11 is 4.51. The fourth-order valence-electron chi connectivity index (χ4n) is 0.708. The van der Waals surface area contributed by atoms with Crippen LogP contribution in [0.2, 0.25) is 0 Å². The summed E-state index contributed by atoms with van der Waals surface area (Å²) in [6.45, 7) is 5.42. The average Bonchev–Trinajstić information content (AvgIpc) is 2.32. The first kappa shape index (κ1) is 11.5. The van der Waals surface area contributed by atoms with E-state index in [2.05, 4.69) is 25.6 Å². The molecule has 0 aliphatic carbocycles. The standard InChI is InChI=1S/C8H11BrN2O2S/c1-8(2,3)13-7(12)10-6-5(9)4-14-11-6/h4H,1-3H3,(H,10,11,12). The third-order valence-corrected chi connectivity index (χ3v) is 2.68. The number of hydrogen-bond donors (Lipinski definition) is 1. The van der Waals surface area contributed by atoms with Gasteiger partial charge in [0.15, 0.2) is 5.82 Å². The predicted molar refractivity (Wildman–Crippen MR) is 59.7 cm³/mol. The molecule has 0 bridgehead atoms. The van der Waals surface area contributed by atoms with E-state index in [1.165, 1.54) is 11.5 Å². The van der Waals surface area contributed by atoms with Crippen LogP contribution >= 0.6 is 27.5 Å². The Morgan fingerprint density at radius 2 is 2.29 bits per heavy atom. The number of rotatable bonds is 1. The number of ether oxygens (including phenoxy) is 1. The zero-order chi connectivity index (χ0) is 10.8. The number of amides is 1. The van der Waals surface area contributed by atoms with Crippen molar-refractivity contribution in [2.75, 3.05) is 5.32 Å². The molecule has 14 heavy (non-hydrogen) atoms. The van der Waals surface area contributed by atoms with Gasteiger partial charge < -0.3 is 4.74 Å². The largest absolute Gasteiger partial charge is 0.444 e. The van der Waals surface area contributed by atoms with Crippen molar-refractivity contribution in [3.63, 3.8) is 0 Å². The molecule has 0 aromatic carbocycles. The molecule has 0 aliphatic heterocycles. The van der Waals surface area contributed by atoms with E-state index in [1.54, 1.807) is 5.38 Å². The molecular formula is C8H11BrN2O2S. The van der Waals surface area contributed by atoms with E-state index in [0.717, 1.165) is 4.47 Å². The summed E-state index contributed by atoms with van der Waals surface area (Å²) in [5, 5.41) is 4.32. The van der Waals surface area contributed by atoms with Crippen molar-refractivity contribution >= 4 is 39.4 Å². The second-order valence-corrected chi connectivity index (χ2v) is 5.12. The molecule has 1 rings (SSSR count). The molecule has 0 fully saturated rings. The highest BCUT2D eigenvalue weighted by Gasteiger charge is 2.17. The Hall–Kier alpha value is -0.620. The monoisotopic (exact) mass is 278 g/mol. The molecule has 0 saturated heterocycles. The average molecular weight is 279 g/mol. The molecule has 1 N–H and O–H groups in total. The number of carbonyl (C=O) groups excluding carboxylic acids is 1. The molecule has 1 aromatic heterocycles. The minimum atomic E-state index is -0.496. The van der Waals surface area contributed by atoms with Gasteiger partial charge in [0.05, 0.1) is 4.47 Å². The predicted octanol–water partition coefficient (Wildman–Crippen LogP) is 3.25. The van der Waals surface area contributed by atoms with Gasteiger partial charge in [-0.2, -0.15) is 4.37 Å². The lowest BCUT2D eigenvalue weighted by Gasteiger charge is -2.19. The van der Waals surface area contributed by atoms with Crippen LogP contribution in [0.15, 0.2) is 9.85 Å². The molecule has 0 spiro atoms. The van der Waals surface area contributed by atoms with Gasteiger partial charge in [0, 0.05) is 5.38 Å². The first-order chi connectivity index (χ1) is 6.38. The van der Waals surface area contributed by atoms with E-state index in [4.69, 9.17) is 4.74 Å². The molecule has 6 heteroatoms. The Kier molecular flexibility index (Phi) is 3.49. The van der Waals surface area contributed by atoms with Crippen molar-refractivity contribution in [2.45, 2.75) is 26.4 Å². The summed E-state index contributed by atoms with van der Waals surface area (Å²) in [4.78, 5) is 11.3. The number of nitrogens with one attached hydrogen (secondary N) is 1. The second-order valence-electron chi connectivity index (χ2n) is 3.64. The summed E-state index contributed by atoms with van der Waals surface area (Å²) in [5.41, 5.74) is -0.493. The van der Waals surface area contributed by atoms with Gasteiger partial charge in [-0.25, -0.2) is 4.79 Å². The van der Waals surface area contributed by atoms with Crippen LogP contribution in [-0.2, 0) is 4.74 Å². The summed E-state index contributed by atoms with van der Waals surface area (Å²) in [7, 11) is 0. The highest BCUT2D eigenvalue weighted by molar-refractivity contribution is 9.10. The highest BCUT2D eigenvalue weighted by atomic mass is 79.9. The molecule has 4 nitrogen and oxygen atoms in total. The third-order valence-electron chi connectivity index (χ3n) is 1.15. The van der Waals surface area contributed by atoms with Crippen LogP contribution in [0.25, 0.3) is 0 Å². The minimum absolute atomic E-state index is 0.490. The molecule has 1 aromatic rings. The van der Waals surface area contributed by atoms with Gasteiger partial charge in [0.2, 0.25) is 0 Å². The molecule has 0 unspecified atom stereocenters. The summed E-state index contributed by atoms with van der Waals surface area (Å²) in [5.74, 6) is 0.490. The van der Waals surface area contributed by atoms with Gasteiger partial charge in [-0.05, 0) is 48.2 Å². The summed E-state index contributed by atoms with van der Waals surface area (Å²) < 4.78 is 9.79. The van der Waals surface area contributed by atoms with E-state index < -0.39 is 11.7 Å². The van der Waals surface area contributed by atoms with Crippen molar-refractivity contribution in [2.24, 2.45) is 0 Å². The first-order valence-corrected chi connectivity index (χ1v) is 5.61. The molecule has 0 atom stereocenters. The lowest BCUT2D eigenvalue weighted by atomic mass is 10.2. The van der Waals surface area contributed by atoms with Crippen molar-refractivity contribution in [3.8, 4) is 0 Å². The lowest BCUT2D eigenvalue weighted by molar-refractivity contribution is 0.0635. The number of anilines is 1. The number of halogens is 1. The molecule has 0 aliphatic rings. The Labute approximate surface area is 94.9 Å². The number of aromatic nitrogens is 1. The van der Waals surface area contributed by atoms with Gasteiger partial charge >= 0.3 is 6.09 Å². The van der Waals surface area contributed by atoms with E-state index in [9.17, 15) is 4.79 Å². The van der Waals surface area contributed by atoms with E-state index in [-0.39, 0.29) is 0 Å². The van der Waals surface area contributed by atoms with Crippen molar-refractivity contribution in [3.05, 3.63) is 9.85 Å². The topological polar surface area (TPSA) is 51.2 Å². The maximum atomic E-state index is 11.3. The van der Waals surface area contributed by atoms with Gasteiger partial charge in [0.1, 0.15) is 5.60 Å². The van der Waals surface area contributed by atoms with Crippen molar-refractivity contribution < 1.29 is 9.53 Å². The Balaban J connectivity index is 2.54. The molecule has 0 radical (unpaired) electrons. The SMILES string of the molecule is CC(C)(C)OC(=O)Nc1nscc1Br. The van der Waals surface area contributed by atoms with Gasteiger partial charge in [-0.3, -0.25) is 5.32 Å². The summed E-state index contributed by atoms with van der Waals surface area (Å²) in [6.07, 6.45) is -0.496. The molecule has 1 heterocycles. The number of carbonyl (C=O) groups is 1. The maximum Gasteiger partial charge on any atom is 0.413 e. The Bertz CT molecular complexity index is 332. The Morgan fingerprint density at radius 1 is 1.64 bits per heavy atom. The van der Waals surface area contributed by atoms with Crippen LogP contribution in [-0.4, -0.2) is 16.1 Å². The second kappa shape index (κ2) is 4.27. The minimum Gasteiger partial charge on any atom is -0.444 e. The van der Waals surface area contributed by atoms with Crippen molar-refractivity contribution in [1.82, 2.24) is 4.37 Å². The van der Waals surface area contributed by atoms with E-state index in [0.29, 0.717) is 5.82 Å². The molecule has 0 saturated carbocycles. The quantitative estimate of drug-likeness (QED) is 0.858. The van der Waals surface area contributed by atoms with Crippen LogP contribution in [0, 0.1) is 0 Å². The van der Waals surface area contributed by atoms with E-state index >= 15 is 0 Å². The first-order valence-electron chi connectivity index (χ1n) is 3.98. The van der Waals surface area contributed by atoms with Gasteiger partial charge in [0.25, 0.3) is 0 Å². The van der Waals surface area contributed by atoms with Crippen LogP contribution < -0.4 is 5.32 Å². The van der Waals surface area contributed by atoms with Gasteiger partial charge in [-0.15, -0.1) is 0 Å². The van der Waals surface area contributed by atoms with Crippen molar-refractivity contribution in [1.29, 1.82) is 0 Å². The zero-order valence-corrected chi connectivity index (χ0v) is 10.5. The zero-order valence-electron chi connectivity index (χ0n) is 8.13. The number of nitrogens with zero attached hydrogens (tertiary/aromatic N) is 1. The van der Waals surface area contributed by atoms with Crippen LogP contribution in [0.5, 0.6) is 0 Å². The molecule has 1 amide bonds. The van der Waals surface area contributed by atoms with Gasteiger partial charge in [-0.1, -0.05) is 0 Å². The lowest BCUT2D eigenvalue weighted by Crippen LogP contribution is -2.27. The Morgan fingerprint density at radius 3 is 2.71 bits per heavy atom. The maximum absolute atomic E-state index is 11.3. The van der Waals surface area contributed by atoms with Crippen LogP contribution in [0.4, 0.5) is 10.6 Å². The highest BCUT2D eigenvalue weighted by Crippen LogP contribution is 2.23. The normalized spacial score (nSPS) is 11.1. The smallest absolute Gasteiger partial charge is 0.413 e. The number of hydrogen-bond acceptors (Lipinski definition) is 4. The molecule has 78 valence electrons. The molecular weight excluding hydrogens is 268 g/mol. The summed E-state index contributed by atoms with van der Waals surface area (Å²) in [6, 6.07) is 0. The van der Waals surface area contributed by atoms with Crippen LogP contribution in [0.1, 0.15) is 20.8 Å². The fraction of sp³-hybridized carbons (Fsp3) is 0.500. The third kappa shape index (κ3) is 3.63. The fourth-order valence-corrected chi connectivity index (χ4v) is 1.77.